The molecule has 11 rings (SSSR count). The Bertz CT molecular complexity index is 3860. The Balaban J connectivity index is 1.23. The summed E-state index contributed by atoms with van der Waals surface area (Å²) in [4.78, 5) is 0. The first kappa shape index (κ1) is 54.9. The van der Waals surface area contributed by atoms with Crippen LogP contribution < -0.4 is 0 Å². The highest BCUT2D eigenvalue weighted by Crippen LogP contribution is 2.52. The van der Waals surface area contributed by atoms with Crippen LogP contribution in [0.2, 0.25) is 0 Å². The van der Waals surface area contributed by atoms with E-state index in [9.17, 15) is 0 Å². The van der Waals surface area contributed by atoms with Crippen LogP contribution in [0.15, 0.2) is 170 Å². The third-order valence-corrected chi connectivity index (χ3v) is 18.0. The van der Waals surface area contributed by atoms with Crippen molar-refractivity contribution >= 4 is 64.6 Å². The summed E-state index contributed by atoms with van der Waals surface area (Å²) in [5.74, 6) is 0. The van der Waals surface area contributed by atoms with Crippen LogP contribution in [0.3, 0.4) is 0 Å². The monoisotopic (exact) mass is 1050 g/mol. The molecule has 0 heterocycles. The molecule has 0 N–H and O–H groups in total. The zero-order valence-corrected chi connectivity index (χ0v) is 49.3. The Morgan fingerprint density at radius 2 is 0.550 bits per heavy atom. The van der Waals surface area contributed by atoms with Gasteiger partial charge in [0.25, 0.3) is 0 Å². The molecule has 0 nitrogen and oxygen atoms in total. The molecular weight excluding hydrogens is 961 g/mol. The molecular formula is C80H86. The third kappa shape index (κ3) is 11.1. The average Bonchev–Trinajstić information content (AvgIpc) is 3.66. The Kier molecular flexibility index (Phi) is 17.6. The number of fused-ring (bicyclic) bond motifs is 6. The van der Waals surface area contributed by atoms with E-state index < -0.39 is 0 Å². The van der Waals surface area contributed by atoms with Gasteiger partial charge < -0.3 is 0 Å². The largest absolute Gasteiger partial charge is 0.0654 e. The summed E-state index contributed by atoms with van der Waals surface area (Å²) in [5, 5.41) is 16.2. The summed E-state index contributed by atoms with van der Waals surface area (Å²) in [6.07, 6.45) is 24.4. The van der Waals surface area contributed by atoms with E-state index in [0.29, 0.717) is 0 Å². The van der Waals surface area contributed by atoms with Crippen molar-refractivity contribution < 1.29 is 0 Å². The van der Waals surface area contributed by atoms with Crippen LogP contribution in [0.4, 0.5) is 0 Å². The van der Waals surface area contributed by atoms with Gasteiger partial charge in [-0.2, -0.15) is 0 Å². The summed E-state index contributed by atoms with van der Waals surface area (Å²) in [5.41, 5.74) is 19.4. The highest BCUT2D eigenvalue weighted by Gasteiger charge is 2.26. The maximum atomic E-state index is 2.61. The third-order valence-electron chi connectivity index (χ3n) is 18.0. The van der Waals surface area contributed by atoms with Gasteiger partial charge >= 0.3 is 0 Å². The molecule has 0 fully saturated rings. The van der Waals surface area contributed by atoms with Gasteiger partial charge in [0.05, 0.1) is 0 Å². The summed E-state index contributed by atoms with van der Waals surface area (Å²) in [6, 6.07) is 67.4. The first-order valence-corrected chi connectivity index (χ1v) is 31.5. The number of hydrogen-bond acceptors (Lipinski definition) is 0. The van der Waals surface area contributed by atoms with Crippen molar-refractivity contribution in [2.24, 2.45) is 0 Å². The molecule has 0 heteroatoms. The summed E-state index contributed by atoms with van der Waals surface area (Å²) in [6.45, 7) is 13.8. The van der Waals surface area contributed by atoms with Crippen molar-refractivity contribution in [2.45, 2.75) is 170 Å². The summed E-state index contributed by atoms with van der Waals surface area (Å²) in [7, 11) is 0. The van der Waals surface area contributed by atoms with Crippen molar-refractivity contribution in [1.29, 1.82) is 0 Å². The quantitative estimate of drug-likeness (QED) is 0.0418. The average molecular weight is 1050 g/mol. The van der Waals surface area contributed by atoms with E-state index in [1.807, 2.05) is 0 Å². The topological polar surface area (TPSA) is 0 Å². The Hall–Kier alpha value is -7.02. The minimum atomic E-state index is 1.08. The Morgan fingerprint density at radius 1 is 0.237 bits per heavy atom. The fourth-order valence-corrected chi connectivity index (χ4v) is 14.0. The molecule has 0 saturated heterocycles. The smallest absolute Gasteiger partial charge is 0.00137 e. The molecule has 11 aromatic rings. The molecule has 0 aliphatic carbocycles. The van der Waals surface area contributed by atoms with E-state index >= 15 is 0 Å². The lowest BCUT2D eigenvalue weighted by atomic mass is 9.78. The van der Waals surface area contributed by atoms with Gasteiger partial charge in [-0.15, -0.1) is 0 Å². The number of rotatable bonds is 24. The standard InChI is InChI=1S/C80H86/c1-7-11-15-19-31-59-51-55(5)43-47-61(59)62-49-45-57(53-60(62)32-20-16-12-8-2)58-46-50-74-76(54-58)80(78-71-41-29-25-37-67(71)64(34-22-18-14-10-4)68-38-26-30-42-72(68)78)73-48-44-56(6)52-75(73)79(74)77-69-39-27-23-35-65(69)63(33-21-17-13-9-3)66-36-24-28-40-70(66)77/h23-30,35-54H,7-22,31-34H2,1-6H3. The van der Waals surface area contributed by atoms with Crippen LogP contribution in [0.25, 0.3) is 109 Å². The van der Waals surface area contributed by atoms with Crippen LogP contribution in [0.1, 0.15) is 164 Å². The fourth-order valence-electron chi connectivity index (χ4n) is 14.0. The second-order valence-electron chi connectivity index (χ2n) is 23.7. The van der Waals surface area contributed by atoms with Gasteiger partial charge in [0.1, 0.15) is 0 Å². The van der Waals surface area contributed by atoms with E-state index in [-0.39, 0.29) is 0 Å². The number of hydrogen-bond donors (Lipinski definition) is 0. The van der Waals surface area contributed by atoms with Gasteiger partial charge in [-0.05, 0) is 203 Å². The second kappa shape index (κ2) is 25.6. The second-order valence-corrected chi connectivity index (χ2v) is 23.7. The lowest BCUT2D eigenvalue weighted by Gasteiger charge is -2.24. The molecule has 0 aromatic heterocycles. The maximum Gasteiger partial charge on any atom is -0.00137 e. The minimum Gasteiger partial charge on any atom is -0.0654 e. The molecule has 0 saturated carbocycles. The normalized spacial score (nSPS) is 11.9. The molecule has 0 aliphatic rings. The molecule has 80 heavy (non-hydrogen) atoms. The van der Waals surface area contributed by atoms with Gasteiger partial charge in [-0.3, -0.25) is 0 Å². The molecule has 0 aliphatic heterocycles. The van der Waals surface area contributed by atoms with Gasteiger partial charge in [-0.1, -0.05) is 280 Å². The summed E-state index contributed by atoms with van der Waals surface area (Å²) >= 11 is 0. The van der Waals surface area contributed by atoms with E-state index in [1.165, 1.54) is 245 Å². The number of aryl methyl sites for hydroxylation is 6. The molecule has 11 aromatic carbocycles. The predicted molar refractivity (Wildman–Crippen MR) is 354 cm³/mol. The van der Waals surface area contributed by atoms with Crippen LogP contribution in [0, 0.1) is 13.8 Å². The van der Waals surface area contributed by atoms with Crippen LogP contribution in [-0.4, -0.2) is 0 Å². The predicted octanol–water partition coefficient (Wildman–Crippen LogP) is 24.4. The molecule has 0 amide bonds. The molecule has 0 spiro atoms. The van der Waals surface area contributed by atoms with Crippen molar-refractivity contribution in [2.75, 3.05) is 0 Å². The highest BCUT2D eigenvalue weighted by molar-refractivity contribution is 6.31. The van der Waals surface area contributed by atoms with Crippen molar-refractivity contribution in [3.63, 3.8) is 0 Å². The van der Waals surface area contributed by atoms with Crippen LogP contribution >= 0.6 is 0 Å². The van der Waals surface area contributed by atoms with Gasteiger partial charge in [0.15, 0.2) is 0 Å². The zero-order chi connectivity index (χ0) is 55.0. The molecule has 0 bridgehead atoms. The molecule has 0 atom stereocenters. The van der Waals surface area contributed by atoms with Gasteiger partial charge in [-0.25, -0.2) is 0 Å². The number of unbranched alkanes of at least 4 members (excludes halogenated alkanes) is 12. The van der Waals surface area contributed by atoms with Crippen molar-refractivity contribution in [3.05, 3.63) is 203 Å². The van der Waals surface area contributed by atoms with Crippen LogP contribution in [0.5, 0.6) is 0 Å². The number of benzene rings is 11. The zero-order valence-electron chi connectivity index (χ0n) is 49.3. The SMILES string of the molecule is CCCCCCc1cc(C)ccc1-c1ccc(-c2ccc3c(-c4c5ccccc5c(CCCCCC)c5ccccc45)c4cc(C)ccc4c(-c4c5ccccc5c(CCCCCC)c5ccccc45)c3c2)cc1CCCCCC. The van der Waals surface area contributed by atoms with Crippen molar-refractivity contribution in [3.8, 4) is 44.5 Å². The van der Waals surface area contributed by atoms with E-state index in [0.717, 1.165) is 25.7 Å². The Morgan fingerprint density at radius 3 is 1.00 bits per heavy atom. The highest BCUT2D eigenvalue weighted by atomic mass is 14.3. The van der Waals surface area contributed by atoms with Gasteiger partial charge in [0.2, 0.25) is 0 Å². The van der Waals surface area contributed by atoms with E-state index in [1.54, 1.807) is 0 Å². The van der Waals surface area contributed by atoms with Crippen molar-refractivity contribution in [1.82, 2.24) is 0 Å². The first-order chi connectivity index (χ1) is 39.4. The fraction of sp³-hybridized carbons (Fsp3) is 0.325. The molecule has 0 unspecified atom stereocenters. The lowest BCUT2D eigenvalue weighted by molar-refractivity contribution is 0.665. The molecule has 406 valence electrons. The van der Waals surface area contributed by atoms with Gasteiger partial charge in [0, 0.05) is 0 Å². The van der Waals surface area contributed by atoms with E-state index in [2.05, 4.69) is 211 Å². The maximum absolute atomic E-state index is 2.61. The molecule has 0 radical (unpaired) electrons. The van der Waals surface area contributed by atoms with E-state index in [4.69, 9.17) is 0 Å². The van der Waals surface area contributed by atoms with Crippen LogP contribution in [-0.2, 0) is 25.7 Å². The Labute approximate surface area is 479 Å². The minimum absolute atomic E-state index is 1.08. The summed E-state index contributed by atoms with van der Waals surface area (Å²) < 4.78 is 0. The first-order valence-electron chi connectivity index (χ1n) is 31.5. The lowest BCUT2D eigenvalue weighted by Crippen LogP contribution is -1.99.